The summed E-state index contributed by atoms with van der Waals surface area (Å²) in [5.41, 5.74) is 11.0. The van der Waals surface area contributed by atoms with Gasteiger partial charge in [-0.05, 0) is 77.0 Å². The van der Waals surface area contributed by atoms with Crippen LogP contribution in [0.3, 0.4) is 0 Å². The Morgan fingerprint density at radius 2 is 1.67 bits per heavy atom. The molecule has 0 heterocycles. The second kappa shape index (κ2) is 13.6. The van der Waals surface area contributed by atoms with Gasteiger partial charge in [0.25, 0.3) is 0 Å². The molecule has 3 aliphatic rings. The second-order valence-corrected chi connectivity index (χ2v) is 12.8. The summed E-state index contributed by atoms with van der Waals surface area (Å²) < 4.78 is 33.8. The normalized spacial score (nSPS) is 28.6. The number of ether oxygens (including phenoxy) is 1. The molecule has 10 nitrogen and oxygen atoms in total. The first-order chi connectivity index (χ1) is 17.2. The van der Waals surface area contributed by atoms with Crippen molar-refractivity contribution in [3.63, 3.8) is 0 Å². The summed E-state index contributed by atoms with van der Waals surface area (Å²) in [7, 11) is -3.58. The van der Waals surface area contributed by atoms with Crippen LogP contribution in [0.5, 0.6) is 0 Å². The van der Waals surface area contributed by atoms with Gasteiger partial charge in [-0.1, -0.05) is 25.7 Å². The van der Waals surface area contributed by atoms with E-state index >= 15 is 0 Å². The van der Waals surface area contributed by atoms with Crippen molar-refractivity contribution < 1.29 is 22.7 Å². The molecule has 3 fully saturated rings. The Balaban J connectivity index is 1.50. The number of nitrogens with zero attached hydrogens (tertiary/aromatic N) is 1. The molecule has 0 saturated heterocycles. The molecule has 0 aromatic heterocycles. The topological polar surface area (TPSA) is 166 Å². The van der Waals surface area contributed by atoms with Gasteiger partial charge in [-0.3, -0.25) is 14.6 Å². The molecule has 3 atom stereocenters. The van der Waals surface area contributed by atoms with Crippen molar-refractivity contribution in [1.29, 1.82) is 0 Å². The molecule has 36 heavy (non-hydrogen) atoms. The monoisotopic (exact) mass is 527 g/mol. The second-order valence-electron chi connectivity index (χ2n) is 10.8. The van der Waals surface area contributed by atoms with E-state index in [0.717, 1.165) is 64.2 Å². The number of carbonyl (C=O) groups excluding carboxylic acids is 2. The third-order valence-corrected chi connectivity index (χ3v) is 9.94. The van der Waals surface area contributed by atoms with E-state index in [4.69, 9.17) is 16.2 Å². The maximum absolute atomic E-state index is 13.0. The standard InChI is InChI=1S/C25H45N5O5S/c1-2-35-24(32)22(30-36(33,34)21-9-4-3-5-10-21)15-17-11-13-19(14-12-17)28-23(31)18-7-6-8-20(16-18)29-25(26)27/h17-22,30H,2-16H2,1H3,(H,28,31)(H4,26,27,29). The summed E-state index contributed by atoms with van der Waals surface area (Å²) in [6, 6.07) is -0.757. The minimum Gasteiger partial charge on any atom is -0.465 e. The number of carbonyl (C=O) groups is 2. The molecule has 11 heteroatoms. The molecule has 0 aromatic carbocycles. The minimum absolute atomic E-state index is 0.00688. The van der Waals surface area contributed by atoms with Gasteiger partial charge in [0.1, 0.15) is 6.04 Å². The summed E-state index contributed by atoms with van der Waals surface area (Å²) in [6.07, 6.45) is 11.2. The third-order valence-electron chi connectivity index (χ3n) is 7.98. The van der Waals surface area contributed by atoms with Gasteiger partial charge in [0, 0.05) is 12.0 Å². The number of hydrogen-bond acceptors (Lipinski definition) is 6. The first kappa shape index (κ1) is 28.7. The smallest absolute Gasteiger partial charge is 0.324 e. The molecular weight excluding hydrogens is 482 g/mol. The highest BCUT2D eigenvalue weighted by molar-refractivity contribution is 7.90. The molecule has 3 unspecified atom stereocenters. The fourth-order valence-corrected chi connectivity index (χ4v) is 7.77. The fraction of sp³-hybridized carbons (Fsp3) is 0.880. The van der Waals surface area contributed by atoms with E-state index in [1.807, 2.05) is 0 Å². The Labute approximate surface area is 215 Å². The Bertz CT molecular complexity index is 862. The molecule has 6 N–H and O–H groups in total. The van der Waals surface area contributed by atoms with Crippen LogP contribution in [-0.4, -0.2) is 56.2 Å². The summed E-state index contributed by atoms with van der Waals surface area (Å²) in [5.74, 6) is -0.241. The average molecular weight is 528 g/mol. The zero-order valence-electron chi connectivity index (χ0n) is 21.6. The number of hydrogen-bond donors (Lipinski definition) is 4. The molecule has 0 bridgehead atoms. The molecule has 3 rings (SSSR count). The Morgan fingerprint density at radius 3 is 2.31 bits per heavy atom. The first-order valence-corrected chi connectivity index (χ1v) is 15.3. The number of rotatable bonds is 10. The minimum atomic E-state index is -3.58. The predicted molar refractivity (Wildman–Crippen MR) is 139 cm³/mol. The van der Waals surface area contributed by atoms with Crippen molar-refractivity contribution in [2.75, 3.05) is 6.61 Å². The van der Waals surface area contributed by atoms with Gasteiger partial charge in [-0.25, -0.2) is 13.1 Å². The molecular formula is C25H45N5O5S. The highest BCUT2D eigenvalue weighted by atomic mass is 32.2. The summed E-state index contributed by atoms with van der Waals surface area (Å²) in [4.78, 5) is 29.7. The lowest BCUT2D eigenvalue weighted by atomic mass is 9.81. The van der Waals surface area contributed by atoms with Crippen molar-refractivity contribution >= 4 is 27.9 Å². The average Bonchev–Trinajstić information content (AvgIpc) is 2.85. The zero-order chi connectivity index (χ0) is 26.1. The Hall–Kier alpha value is -1.88. The van der Waals surface area contributed by atoms with Gasteiger partial charge in [0.2, 0.25) is 15.9 Å². The molecule has 0 radical (unpaired) electrons. The zero-order valence-corrected chi connectivity index (χ0v) is 22.4. The predicted octanol–water partition coefficient (Wildman–Crippen LogP) is 2.07. The maximum atomic E-state index is 13.0. The SMILES string of the molecule is CCOC(=O)C(CC1CCC(NC(=O)C2CCCC(N=C(N)N)C2)CC1)NS(=O)(=O)C1CCCCC1. The van der Waals surface area contributed by atoms with Gasteiger partial charge < -0.3 is 21.5 Å². The molecule has 0 aliphatic heterocycles. The number of sulfonamides is 1. The van der Waals surface area contributed by atoms with Crippen LogP contribution >= 0.6 is 0 Å². The molecule has 3 saturated carbocycles. The number of nitrogens with two attached hydrogens (primary N) is 2. The summed E-state index contributed by atoms with van der Waals surface area (Å²) in [6.45, 7) is 1.94. The van der Waals surface area contributed by atoms with Crippen molar-refractivity contribution in [3.05, 3.63) is 0 Å². The van der Waals surface area contributed by atoms with Crippen LogP contribution in [0, 0.1) is 11.8 Å². The van der Waals surface area contributed by atoms with E-state index in [0.29, 0.717) is 25.7 Å². The number of guanidine groups is 1. The fourth-order valence-electron chi connectivity index (χ4n) is 6.03. The quantitative estimate of drug-likeness (QED) is 0.192. The highest BCUT2D eigenvalue weighted by Gasteiger charge is 2.35. The van der Waals surface area contributed by atoms with Crippen molar-refractivity contribution in [3.8, 4) is 0 Å². The Kier molecular flexibility index (Phi) is 10.8. The number of amides is 1. The van der Waals surface area contributed by atoms with E-state index in [9.17, 15) is 18.0 Å². The van der Waals surface area contributed by atoms with Crippen LogP contribution in [0.25, 0.3) is 0 Å². The molecule has 0 spiro atoms. The van der Waals surface area contributed by atoms with E-state index in [2.05, 4.69) is 15.0 Å². The number of aliphatic imine (C=N–C) groups is 1. The van der Waals surface area contributed by atoms with Crippen molar-refractivity contribution in [2.45, 2.75) is 120 Å². The van der Waals surface area contributed by atoms with E-state index in [1.54, 1.807) is 6.92 Å². The van der Waals surface area contributed by atoms with Crippen LogP contribution in [0.1, 0.15) is 96.8 Å². The van der Waals surface area contributed by atoms with Gasteiger partial charge in [-0.15, -0.1) is 0 Å². The highest BCUT2D eigenvalue weighted by Crippen LogP contribution is 2.31. The van der Waals surface area contributed by atoms with Gasteiger partial charge in [-0.2, -0.15) is 0 Å². The van der Waals surface area contributed by atoms with Crippen LogP contribution in [0.4, 0.5) is 0 Å². The summed E-state index contributed by atoms with van der Waals surface area (Å²) in [5, 5.41) is 2.78. The summed E-state index contributed by atoms with van der Waals surface area (Å²) >= 11 is 0. The number of nitrogens with one attached hydrogen (secondary N) is 2. The van der Waals surface area contributed by atoms with E-state index < -0.39 is 27.3 Å². The van der Waals surface area contributed by atoms with Gasteiger partial charge in [0.05, 0.1) is 17.9 Å². The van der Waals surface area contributed by atoms with Gasteiger partial charge >= 0.3 is 5.97 Å². The van der Waals surface area contributed by atoms with Crippen molar-refractivity contribution in [2.24, 2.45) is 28.3 Å². The van der Waals surface area contributed by atoms with Gasteiger partial charge in [0.15, 0.2) is 5.96 Å². The van der Waals surface area contributed by atoms with E-state index in [1.165, 1.54) is 0 Å². The lowest BCUT2D eigenvalue weighted by Crippen LogP contribution is -2.48. The van der Waals surface area contributed by atoms with Crippen LogP contribution in [-0.2, 0) is 24.3 Å². The van der Waals surface area contributed by atoms with Crippen LogP contribution < -0.4 is 21.5 Å². The van der Waals surface area contributed by atoms with Crippen LogP contribution in [0.2, 0.25) is 0 Å². The lowest BCUT2D eigenvalue weighted by molar-refractivity contribution is -0.145. The van der Waals surface area contributed by atoms with Crippen molar-refractivity contribution in [1.82, 2.24) is 10.0 Å². The maximum Gasteiger partial charge on any atom is 0.324 e. The molecule has 206 valence electrons. The lowest BCUT2D eigenvalue weighted by Gasteiger charge is -2.33. The van der Waals surface area contributed by atoms with E-state index in [-0.39, 0.29) is 42.4 Å². The number of esters is 1. The molecule has 0 aromatic rings. The van der Waals surface area contributed by atoms with Crippen LogP contribution in [0.15, 0.2) is 4.99 Å². The Morgan fingerprint density at radius 1 is 0.972 bits per heavy atom. The largest absolute Gasteiger partial charge is 0.465 e. The third kappa shape index (κ3) is 8.61. The molecule has 3 aliphatic carbocycles. The molecule has 1 amide bonds. The first-order valence-electron chi connectivity index (χ1n) is 13.7.